The minimum Gasteiger partial charge on any atom is -0.354 e. The van der Waals surface area contributed by atoms with Gasteiger partial charge in [0.1, 0.15) is 11.9 Å². The Hall–Kier alpha value is -3.47. The molecule has 0 heterocycles. The summed E-state index contributed by atoms with van der Waals surface area (Å²) in [6, 6.07) is 23.2. The smallest absolute Gasteiger partial charge is 0.243 e. The molecule has 0 bridgehead atoms. The average Bonchev–Trinajstić information content (AvgIpc) is 2.83. The van der Waals surface area contributed by atoms with Gasteiger partial charge in [-0.3, -0.25) is 9.59 Å². The topological polar surface area (TPSA) is 49.4 Å². The van der Waals surface area contributed by atoms with Crippen molar-refractivity contribution in [2.45, 2.75) is 52.1 Å². The predicted molar refractivity (Wildman–Crippen MR) is 134 cm³/mol. The van der Waals surface area contributed by atoms with E-state index in [1.807, 2.05) is 61.5 Å². The molecule has 5 heteroatoms. The number of rotatable bonds is 11. The number of carbonyl (C=O) groups is 2. The number of hydrogen-bond acceptors (Lipinski definition) is 2. The van der Waals surface area contributed by atoms with Crippen molar-refractivity contribution in [1.82, 2.24) is 10.2 Å². The van der Waals surface area contributed by atoms with Crippen molar-refractivity contribution in [3.05, 3.63) is 107 Å². The summed E-state index contributed by atoms with van der Waals surface area (Å²) in [5, 5.41) is 3.00. The molecular formula is C29H33FN2O2. The number of aryl methyl sites for hydroxylation is 1. The monoisotopic (exact) mass is 460 g/mol. The Morgan fingerprint density at radius 3 is 2.35 bits per heavy atom. The molecule has 1 atom stereocenters. The highest BCUT2D eigenvalue weighted by Gasteiger charge is 2.30. The SMILES string of the molecule is CCCCNC(=O)C(Cc1ccccc1)N(Cc1cccc(C)c1)C(=O)Cc1ccccc1F. The molecule has 0 aliphatic heterocycles. The molecule has 1 unspecified atom stereocenters. The Balaban J connectivity index is 1.95. The number of unbranched alkanes of at least 4 members (excludes halogenated alkanes) is 1. The number of nitrogens with zero attached hydrogens (tertiary/aromatic N) is 1. The van der Waals surface area contributed by atoms with Crippen LogP contribution in [-0.4, -0.2) is 29.3 Å². The summed E-state index contributed by atoms with van der Waals surface area (Å²) in [7, 11) is 0. The lowest BCUT2D eigenvalue weighted by Gasteiger charge is -2.32. The predicted octanol–water partition coefficient (Wildman–Crippen LogP) is 5.23. The molecule has 2 amide bonds. The van der Waals surface area contributed by atoms with Crippen molar-refractivity contribution >= 4 is 11.8 Å². The lowest BCUT2D eigenvalue weighted by Crippen LogP contribution is -2.51. The molecule has 3 aromatic rings. The van der Waals surface area contributed by atoms with Gasteiger partial charge in [0.05, 0.1) is 6.42 Å². The summed E-state index contributed by atoms with van der Waals surface area (Å²) < 4.78 is 14.4. The van der Waals surface area contributed by atoms with E-state index in [4.69, 9.17) is 0 Å². The molecule has 3 rings (SSSR count). The van der Waals surface area contributed by atoms with E-state index in [0.717, 1.165) is 29.5 Å². The van der Waals surface area contributed by atoms with Crippen molar-refractivity contribution in [2.75, 3.05) is 6.54 Å². The lowest BCUT2D eigenvalue weighted by atomic mass is 10.0. The van der Waals surface area contributed by atoms with Crippen molar-refractivity contribution in [2.24, 2.45) is 0 Å². The van der Waals surface area contributed by atoms with Gasteiger partial charge in [-0.15, -0.1) is 0 Å². The van der Waals surface area contributed by atoms with Crippen LogP contribution in [-0.2, 0) is 29.0 Å². The van der Waals surface area contributed by atoms with E-state index in [9.17, 15) is 14.0 Å². The quantitative estimate of drug-likeness (QED) is 0.398. The Bertz CT molecular complexity index is 1080. The normalized spacial score (nSPS) is 11.6. The first kappa shape index (κ1) is 25.2. The minimum atomic E-state index is -0.709. The second-order valence-electron chi connectivity index (χ2n) is 8.63. The fourth-order valence-corrected chi connectivity index (χ4v) is 3.97. The van der Waals surface area contributed by atoms with E-state index in [-0.39, 0.29) is 24.8 Å². The third-order valence-electron chi connectivity index (χ3n) is 5.84. The van der Waals surface area contributed by atoms with Gasteiger partial charge in [-0.05, 0) is 36.1 Å². The van der Waals surface area contributed by atoms with Crippen LogP contribution in [0.5, 0.6) is 0 Å². The zero-order valence-corrected chi connectivity index (χ0v) is 20.0. The van der Waals surface area contributed by atoms with E-state index >= 15 is 0 Å². The summed E-state index contributed by atoms with van der Waals surface area (Å²) in [4.78, 5) is 28.6. The highest BCUT2D eigenvalue weighted by atomic mass is 19.1. The molecule has 3 aromatic carbocycles. The van der Waals surface area contributed by atoms with Gasteiger partial charge in [-0.1, -0.05) is 91.7 Å². The number of amides is 2. The van der Waals surface area contributed by atoms with Crippen LogP contribution in [0.3, 0.4) is 0 Å². The van der Waals surface area contributed by atoms with Crippen molar-refractivity contribution in [3.8, 4) is 0 Å². The molecule has 0 radical (unpaired) electrons. The molecule has 0 saturated carbocycles. The van der Waals surface area contributed by atoms with Crippen LogP contribution >= 0.6 is 0 Å². The third kappa shape index (κ3) is 7.27. The number of hydrogen-bond donors (Lipinski definition) is 1. The maximum absolute atomic E-state index is 14.4. The lowest BCUT2D eigenvalue weighted by molar-refractivity contribution is -0.140. The van der Waals surface area contributed by atoms with E-state index in [2.05, 4.69) is 12.2 Å². The Labute approximate surface area is 201 Å². The van der Waals surface area contributed by atoms with E-state index in [1.54, 1.807) is 23.1 Å². The standard InChI is InChI=1S/C29H33FN2O2/c1-3-4-17-31-29(34)27(19-23-12-6-5-7-13-23)32(21-24-14-10-11-22(2)18-24)28(33)20-25-15-8-9-16-26(25)30/h5-16,18,27H,3-4,17,19-21H2,1-2H3,(H,31,34). The van der Waals surface area contributed by atoms with Crippen LogP contribution < -0.4 is 5.32 Å². The fraction of sp³-hybridized carbons (Fsp3) is 0.310. The number of carbonyl (C=O) groups excluding carboxylic acids is 2. The highest BCUT2D eigenvalue weighted by molar-refractivity contribution is 5.88. The summed E-state index contributed by atoms with van der Waals surface area (Å²) in [6.07, 6.45) is 2.10. The van der Waals surface area contributed by atoms with Gasteiger partial charge in [0.2, 0.25) is 11.8 Å². The first-order valence-corrected chi connectivity index (χ1v) is 11.9. The molecule has 34 heavy (non-hydrogen) atoms. The average molecular weight is 461 g/mol. The van der Waals surface area contributed by atoms with Gasteiger partial charge in [0.25, 0.3) is 0 Å². The zero-order valence-electron chi connectivity index (χ0n) is 20.0. The molecule has 0 spiro atoms. The third-order valence-corrected chi connectivity index (χ3v) is 5.84. The van der Waals surface area contributed by atoms with Crippen LogP contribution in [0, 0.1) is 12.7 Å². The van der Waals surface area contributed by atoms with Crippen LogP contribution in [0.4, 0.5) is 4.39 Å². The van der Waals surface area contributed by atoms with Crippen molar-refractivity contribution in [1.29, 1.82) is 0 Å². The second-order valence-corrected chi connectivity index (χ2v) is 8.63. The molecular weight excluding hydrogens is 427 g/mol. The number of benzene rings is 3. The molecule has 1 N–H and O–H groups in total. The minimum absolute atomic E-state index is 0.105. The van der Waals surface area contributed by atoms with Crippen molar-refractivity contribution < 1.29 is 14.0 Å². The van der Waals surface area contributed by atoms with E-state index in [1.165, 1.54) is 6.07 Å². The largest absolute Gasteiger partial charge is 0.354 e. The fourth-order valence-electron chi connectivity index (χ4n) is 3.97. The summed E-state index contributed by atoms with van der Waals surface area (Å²) >= 11 is 0. The summed E-state index contributed by atoms with van der Waals surface area (Å²) in [6.45, 7) is 4.89. The van der Waals surface area contributed by atoms with Gasteiger partial charge in [-0.2, -0.15) is 0 Å². The van der Waals surface area contributed by atoms with Crippen molar-refractivity contribution in [3.63, 3.8) is 0 Å². The van der Waals surface area contributed by atoms with Gasteiger partial charge in [0.15, 0.2) is 0 Å². The molecule has 0 aromatic heterocycles. The molecule has 0 fully saturated rings. The Morgan fingerprint density at radius 1 is 0.941 bits per heavy atom. The Kier molecular flexibility index (Phi) is 9.39. The second kappa shape index (κ2) is 12.7. The highest BCUT2D eigenvalue weighted by Crippen LogP contribution is 2.18. The van der Waals surface area contributed by atoms with E-state index < -0.39 is 11.9 Å². The van der Waals surface area contributed by atoms with Crippen LogP contribution in [0.25, 0.3) is 0 Å². The summed E-state index contributed by atoms with van der Waals surface area (Å²) in [5.41, 5.74) is 3.30. The van der Waals surface area contributed by atoms with Crippen LogP contribution in [0.1, 0.15) is 42.0 Å². The Morgan fingerprint density at radius 2 is 1.65 bits per heavy atom. The first-order valence-electron chi connectivity index (χ1n) is 11.9. The maximum Gasteiger partial charge on any atom is 0.243 e. The molecule has 178 valence electrons. The molecule has 0 saturated heterocycles. The number of nitrogens with one attached hydrogen (secondary N) is 1. The van der Waals surface area contributed by atoms with Gasteiger partial charge in [0, 0.05) is 19.5 Å². The van der Waals surface area contributed by atoms with E-state index in [0.29, 0.717) is 18.5 Å². The first-order chi connectivity index (χ1) is 16.5. The zero-order chi connectivity index (χ0) is 24.3. The van der Waals surface area contributed by atoms with Crippen LogP contribution in [0.2, 0.25) is 0 Å². The van der Waals surface area contributed by atoms with Gasteiger partial charge in [-0.25, -0.2) is 4.39 Å². The van der Waals surface area contributed by atoms with Gasteiger partial charge >= 0.3 is 0 Å². The molecule has 0 aliphatic carbocycles. The molecule has 0 aliphatic rings. The maximum atomic E-state index is 14.4. The number of halogens is 1. The van der Waals surface area contributed by atoms with Crippen LogP contribution in [0.15, 0.2) is 78.9 Å². The molecule has 4 nitrogen and oxygen atoms in total. The summed E-state index contributed by atoms with van der Waals surface area (Å²) in [5.74, 6) is -0.886. The van der Waals surface area contributed by atoms with Gasteiger partial charge < -0.3 is 10.2 Å².